The van der Waals surface area contributed by atoms with Crippen molar-refractivity contribution < 1.29 is 4.79 Å². The van der Waals surface area contributed by atoms with Crippen LogP contribution in [0.3, 0.4) is 0 Å². The van der Waals surface area contributed by atoms with Crippen LogP contribution in [0.5, 0.6) is 0 Å². The smallest absolute Gasteiger partial charge is 0.233 e. The molecule has 0 bridgehead atoms. The monoisotopic (exact) mass is 286 g/mol. The van der Waals surface area contributed by atoms with E-state index in [4.69, 9.17) is 0 Å². The van der Waals surface area contributed by atoms with Crippen LogP contribution in [0, 0.1) is 6.92 Å². The molecule has 1 aliphatic heterocycles. The van der Waals surface area contributed by atoms with E-state index in [0.717, 1.165) is 12.2 Å². The minimum Gasteiger partial charge on any atom is -0.326 e. The van der Waals surface area contributed by atoms with Crippen LogP contribution >= 0.6 is 11.8 Å². The highest BCUT2D eigenvalue weighted by Gasteiger charge is 2.31. The number of amides is 1. The molecule has 20 heavy (non-hydrogen) atoms. The number of hydrogen-bond donors (Lipinski definition) is 0. The summed E-state index contributed by atoms with van der Waals surface area (Å²) in [6, 6.07) is 10.5. The number of benzene rings is 1. The zero-order valence-electron chi connectivity index (χ0n) is 11.7. The molecule has 1 aromatic heterocycles. The molecule has 1 aliphatic rings. The minimum absolute atomic E-state index is 0.165. The highest BCUT2D eigenvalue weighted by Crippen LogP contribution is 2.38. The topological polar surface area (TPSA) is 25.2 Å². The maximum absolute atomic E-state index is 11.8. The Labute approximate surface area is 123 Å². The molecule has 0 radical (unpaired) electrons. The quantitative estimate of drug-likeness (QED) is 0.864. The summed E-state index contributed by atoms with van der Waals surface area (Å²) >= 11 is 1.71. The first-order valence-electron chi connectivity index (χ1n) is 6.85. The molecule has 1 fully saturated rings. The number of hydrogen-bond acceptors (Lipinski definition) is 2. The Kier molecular flexibility index (Phi) is 3.57. The van der Waals surface area contributed by atoms with Crippen molar-refractivity contribution in [3.63, 3.8) is 0 Å². The number of aryl methyl sites for hydroxylation is 1. The van der Waals surface area contributed by atoms with Crippen LogP contribution in [0.25, 0.3) is 5.69 Å². The highest BCUT2D eigenvalue weighted by molar-refractivity contribution is 8.00. The molecule has 2 heterocycles. The fraction of sp³-hybridized carbons (Fsp3) is 0.312. The van der Waals surface area contributed by atoms with Gasteiger partial charge in [-0.05, 0) is 37.6 Å². The number of carbonyl (C=O) groups is 1. The molecular formula is C16H18N2OS. The van der Waals surface area contributed by atoms with Crippen LogP contribution in [0.15, 0.2) is 42.7 Å². The molecule has 1 atom stereocenters. The van der Waals surface area contributed by atoms with Crippen LogP contribution in [0.2, 0.25) is 0 Å². The van der Waals surface area contributed by atoms with Crippen molar-refractivity contribution in [3.8, 4) is 5.69 Å². The highest BCUT2D eigenvalue weighted by atomic mass is 32.2. The lowest BCUT2D eigenvalue weighted by Crippen LogP contribution is -2.27. The van der Waals surface area contributed by atoms with Gasteiger partial charge in [-0.25, -0.2) is 0 Å². The van der Waals surface area contributed by atoms with Crippen molar-refractivity contribution in [3.05, 3.63) is 53.9 Å². The van der Waals surface area contributed by atoms with Crippen molar-refractivity contribution in [1.29, 1.82) is 0 Å². The zero-order chi connectivity index (χ0) is 14.1. The lowest BCUT2D eigenvalue weighted by atomic mass is 10.2. The largest absolute Gasteiger partial charge is 0.326 e. The van der Waals surface area contributed by atoms with Gasteiger partial charge in [-0.15, -0.1) is 11.8 Å². The van der Waals surface area contributed by atoms with E-state index in [1.807, 2.05) is 11.8 Å². The third-order valence-electron chi connectivity index (χ3n) is 3.61. The van der Waals surface area contributed by atoms with Gasteiger partial charge in [0.25, 0.3) is 0 Å². The Morgan fingerprint density at radius 1 is 1.35 bits per heavy atom. The van der Waals surface area contributed by atoms with Crippen molar-refractivity contribution >= 4 is 17.7 Å². The van der Waals surface area contributed by atoms with Crippen molar-refractivity contribution in [1.82, 2.24) is 9.47 Å². The number of aromatic nitrogens is 1. The number of thioether (sulfide) groups is 1. The van der Waals surface area contributed by atoms with Crippen molar-refractivity contribution in [2.45, 2.75) is 19.2 Å². The lowest BCUT2D eigenvalue weighted by molar-refractivity contribution is -0.127. The van der Waals surface area contributed by atoms with E-state index in [0.29, 0.717) is 5.75 Å². The van der Waals surface area contributed by atoms with Crippen molar-refractivity contribution in [2.24, 2.45) is 0 Å². The minimum atomic E-state index is 0.165. The summed E-state index contributed by atoms with van der Waals surface area (Å²) < 4.78 is 2.12. The molecule has 0 N–H and O–H groups in total. The average molecular weight is 286 g/mol. The molecule has 0 unspecified atom stereocenters. The van der Waals surface area contributed by atoms with Gasteiger partial charge in [-0.1, -0.05) is 12.1 Å². The molecule has 104 valence electrons. The summed E-state index contributed by atoms with van der Waals surface area (Å²) in [4.78, 5) is 13.8. The molecule has 3 rings (SSSR count). The van der Waals surface area contributed by atoms with Gasteiger partial charge in [0, 0.05) is 30.2 Å². The molecule has 1 amide bonds. The van der Waals surface area contributed by atoms with Gasteiger partial charge in [-0.3, -0.25) is 4.79 Å². The second-order valence-corrected chi connectivity index (χ2v) is 6.10. The van der Waals surface area contributed by atoms with Crippen LogP contribution in [0.4, 0.5) is 0 Å². The summed E-state index contributed by atoms with van der Waals surface area (Å²) in [6.07, 6.45) is 4.20. The van der Waals surface area contributed by atoms with Crippen LogP contribution in [-0.2, 0) is 4.79 Å². The van der Waals surface area contributed by atoms with Crippen LogP contribution in [-0.4, -0.2) is 27.7 Å². The Hall–Kier alpha value is -1.68. The second kappa shape index (κ2) is 5.37. The standard InChI is InChI=1S/C16H18N2OS/c1-3-18-15(19)11-20-16(18)13-7-8-17(10-13)14-6-4-5-12(2)9-14/h4-10,16H,3,11H2,1-2H3/t16-/m0/s1. The van der Waals surface area contributed by atoms with Gasteiger partial charge in [0.1, 0.15) is 5.37 Å². The molecule has 3 nitrogen and oxygen atoms in total. The summed E-state index contributed by atoms with van der Waals surface area (Å²) in [6.45, 7) is 4.90. The Morgan fingerprint density at radius 3 is 2.95 bits per heavy atom. The van der Waals surface area contributed by atoms with E-state index in [9.17, 15) is 4.79 Å². The van der Waals surface area contributed by atoms with Gasteiger partial charge in [0.05, 0.1) is 5.75 Å². The molecule has 1 aromatic carbocycles. The predicted octanol–water partition coefficient (Wildman–Crippen LogP) is 3.38. The third kappa shape index (κ3) is 2.36. The zero-order valence-corrected chi connectivity index (χ0v) is 12.6. The molecule has 4 heteroatoms. The normalized spacial score (nSPS) is 18.8. The van der Waals surface area contributed by atoms with E-state index < -0.39 is 0 Å². The number of rotatable bonds is 3. The van der Waals surface area contributed by atoms with E-state index in [1.165, 1.54) is 11.1 Å². The van der Waals surface area contributed by atoms with Crippen molar-refractivity contribution in [2.75, 3.05) is 12.3 Å². The first-order chi connectivity index (χ1) is 9.69. The summed E-state index contributed by atoms with van der Waals surface area (Å²) in [5.74, 6) is 0.833. The lowest BCUT2D eigenvalue weighted by Gasteiger charge is -2.21. The second-order valence-electron chi connectivity index (χ2n) is 5.03. The van der Waals surface area contributed by atoms with Gasteiger partial charge in [-0.2, -0.15) is 0 Å². The van der Waals surface area contributed by atoms with Gasteiger partial charge in [0.15, 0.2) is 0 Å². The van der Waals surface area contributed by atoms with Crippen LogP contribution < -0.4 is 0 Å². The van der Waals surface area contributed by atoms with E-state index >= 15 is 0 Å². The molecule has 0 aliphatic carbocycles. The average Bonchev–Trinajstić information content (AvgIpc) is 3.04. The van der Waals surface area contributed by atoms with E-state index in [1.54, 1.807) is 11.8 Å². The van der Waals surface area contributed by atoms with Gasteiger partial charge in [0.2, 0.25) is 5.91 Å². The Morgan fingerprint density at radius 2 is 2.20 bits per heavy atom. The van der Waals surface area contributed by atoms with Gasteiger partial charge >= 0.3 is 0 Å². The molecule has 0 spiro atoms. The molecule has 0 saturated carbocycles. The predicted molar refractivity (Wildman–Crippen MR) is 83.1 cm³/mol. The summed E-state index contributed by atoms with van der Waals surface area (Å²) in [5.41, 5.74) is 3.61. The number of nitrogens with zero attached hydrogens (tertiary/aromatic N) is 2. The maximum Gasteiger partial charge on any atom is 0.233 e. The summed E-state index contributed by atoms with van der Waals surface area (Å²) in [7, 11) is 0. The fourth-order valence-corrected chi connectivity index (χ4v) is 3.83. The summed E-state index contributed by atoms with van der Waals surface area (Å²) in [5, 5.41) is 0.165. The van der Waals surface area contributed by atoms with E-state index in [2.05, 4.69) is 54.2 Å². The SMILES string of the molecule is CCN1C(=O)CS[C@H]1c1ccn(-c2cccc(C)c2)c1. The fourth-order valence-electron chi connectivity index (χ4n) is 2.58. The number of carbonyl (C=O) groups excluding carboxylic acids is 1. The molecule has 2 aromatic rings. The van der Waals surface area contributed by atoms with E-state index in [-0.39, 0.29) is 11.3 Å². The maximum atomic E-state index is 11.8. The Balaban J connectivity index is 1.89. The third-order valence-corrected chi connectivity index (χ3v) is 4.87. The van der Waals surface area contributed by atoms with Crippen LogP contribution in [0.1, 0.15) is 23.4 Å². The molecule has 1 saturated heterocycles. The first kappa shape index (κ1) is 13.3. The van der Waals surface area contributed by atoms with Gasteiger partial charge < -0.3 is 9.47 Å². The Bertz CT molecular complexity index is 635. The first-order valence-corrected chi connectivity index (χ1v) is 7.90. The molecular weight excluding hydrogens is 268 g/mol.